The number of hydrazone groups is 1. The molecule has 2 aliphatic rings. The van der Waals surface area contributed by atoms with Gasteiger partial charge in [-0.3, -0.25) is 9.69 Å². The van der Waals surface area contributed by atoms with E-state index in [-0.39, 0.29) is 24.3 Å². The summed E-state index contributed by atoms with van der Waals surface area (Å²) in [5.41, 5.74) is 2.40. The van der Waals surface area contributed by atoms with Crippen molar-refractivity contribution < 1.29 is 18.3 Å². The summed E-state index contributed by atoms with van der Waals surface area (Å²) in [4.78, 5) is 17.5. The number of hydrogen-bond donors (Lipinski definition) is 0. The summed E-state index contributed by atoms with van der Waals surface area (Å²) in [5.74, 6) is 1.19. The average molecular weight is 463 g/mol. The standard InChI is InChI=1S/C26H27FN4O3/c1-33-20-10-8-19(9-11-20)22-17-24(25-7-4-16-34-25)31(28-22)26(32)18-29-12-14-30(15-13-29)23-6-3-2-5-21(23)27/h2-11,16,24H,12-15,17-18H2,1H3. The highest BCUT2D eigenvalue weighted by molar-refractivity contribution is 6.03. The number of ether oxygens (including phenoxy) is 1. The summed E-state index contributed by atoms with van der Waals surface area (Å²) in [5, 5.41) is 6.26. The van der Waals surface area contributed by atoms with Crippen LogP contribution in [0.1, 0.15) is 23.8 Å². The number of furan rings is 1. The molecule has 7 nitrogen and oxygen atoms in total. The molecule has 1 atom stereocenters. The SMILES string of the molecule is COc1ccc(C2=NN(C(=O)CN3CCN(c4ccccc4F)CC3)C(c3ccco3)C2)cc1. The molecule has 2 aliphatic heterocycles. The number of halogens is 1. The molecular formula is C26H27FN4O3. The number of nitrogens with zero attached hydrogens (tertiary/aromatic N) is 4. The molecule has 0 radical (unpaired) electrons. The normalized spacial score (nSPS) is 18.8. The Bertz CT molecular complexity index is 1160. The van der Waals surface area contributed by atoms with Crippen LogP contribution in [0.4, 0.5) is 10.1 Å². The lowest BCUT2D eigenvalue weighted by Gasteiger charge is -2.36. The summed E-state index contributed by atoms with van der Waals surface area (Å²) in [6, 6.07) is 17.9. The lowest BCUT2D eigenvalue weighted by Crippen LogP contribution is -2.49. The van der Waals surface area contributed by atoms with Crippen molar-refractivity contribution in [1.29, 1.82) is 0 Å². The minimum Gasteiger partial charge on any atom is -0.497 e. The van der Waals surface area contributed by atoms with E-state index < -0.39 is 0 Å². The third-order valence-electron chi connectivity index (χ3n) is 6.39. The maximum Gasteiger partial charge on any atom is 0.257 e. The molecule has 0 aliphatic carbocycles. The molecular weight excluding hydrogens is 435 g/mol. The van der Waals surface area contributed by atoms with Crippen molar-refractivity contribution in [3.8, 4) is 5.75 Å². The second-order valence-corrected chi connectivity index (χ2v) is 8.46. The van der Waals surface area contributed by atoms with E-state index in [1.54, 1.807) is 30.5 Å². The molecule has 8 heteroatoms. The van der Waals surface area contributed by atoms with Gasteiger partial charge in [0.15, 0.2) is 0 Å². The molecule has 3 heterocycles. The number of amides is 1. The minimum absolute atomic E-state index is 0.0794. The molecule has 2 aromatic carbocycles. The van der Waals surface area contributed by atoms with Crippen molar-refractivity contribution in [2.45, 2.75) is 12.5 Å². The smallest absolute Gasteiger partial charge is 0.257 e. The molecule has 0 N–H and O–H groups in total. The van der Waals surface area contributed by atoms with Gasteiger partial charge >= 0.3 is 0 Å². The lowest BCUT2D eigenvalue weighted by atomic mass is 10.0. The fraction of sp³-hybridized carbons (Fsp3) is 0.308. The van der Waals surface area contributed by atoms with Crippen molar-refractivity contribution in [3.63, 3.8) is 0 Å². The van der Waals surface area contributed by atoms with Crippen LogP contribution in [0.15, 0.2) is 76.4 Å². The predicted molar refractivity (Wildman–Crippen MR) is 127 cm³/mol. The van der Waals surface area contributed by atoms with E-state index in [2.05, 4.69) is 4.90 Å². The molecule has 1 aromatic heterocycles. The fourth-order valence-electron chi connectivity index (χ4n) is 4.52. The van der Waals surface area contributed by atoms with E-state index >= 15 is 0 Å². The zero-order valence-electron chi connectivity index (χ0n) is 19.1. The molecule has 34 heavy (non-hydrogen) atoms. The quantitative estimate of drug-likeness (QED) is 0.556. The van der Waals surface area contributed by atoms with E-state index in [0.717, 1.165) is 17.0 Å². The van der Waals surface area contributed by atoms with Crippen LogP contribution in [-0.2, 0) is 4.79 Å². The van der Waals surface area contributed by atoms with Crippen LogP contribution in [0.3, 0.4) is 0 Å². The van der Waals surface area contributed by atoms with Gasteiger partial charge in [0.1, 0.15) is 23.4 Å². The van der Waals surface area contributed by atoms with Crippen LogP contribution in [0.5, 0.6) is 5.75 Å². The lowest BCUT2D eigenvalue weighted by molar-refractivity contribution is -0.134. The molecule has 1 amide bonds. The van der Waals surface area contributed by atoms with Gasteiger partial charge in [0.2, 0.25) is 0 Å². The first kappa shape index (κ1) is 22.2. The number of benzene rings is 2. The van der Waals surface area contributed by atoms with Gasteiger partial charge < -0.3 is 14.1 Å². The summed E-state index contributed by atoms with van der Waals surface area (Å²) in [7, 11) is 1.63. The first-order chi connectivity index (χ1) is 16.6. The van der Waals surface area contributed by atoms with Crippen molar-refractivity contribution >= 4 is 17.3 Å². The Hall–Kier alpha value is -3.65. The van der Waals surface area contributed by atoms with E-state index in [0.29, 0.717) is 44.0 Å². The highest BCUT2D eigenvalue weighted by Crippen LogP contribution is 2.33. The van der Waals surface area contributed by atoms with Crippen LogP contribution < -0.4 is 9.64 Å². The van der Waals surface area contributed by atoms with Gasteiger partial charge in [-0.25, -0.2) is 9.40 Å². The van der Waals surface area contributed by atoms with E-state index in [1.807, 2.05) is 47.4 Å². The third kappa shape index (κ3) is 4.54. The van der Waals surface area contributed by atoms with Crippen molar-refractivity contribution in [1.82, 2.24) is 9.91 Å². The maximum atomic E-state index is 14.1. The summed E-state index contributed by atoms with van der Waals surface area (Å²) in [6.45, 7) is 2.93. The van der Waals surface area contributed by atoms with Crippen LogP contribution >= 0.6 is 0 Å². The Morgan fingerprint density at radius 2 is 1.82 bits per heavy atom. The van der Waals surface area contributed by atoms with Crippen LogP contribution in [0, 0.1) is 5.82 Å². The van der Waals surface area contributed by atoms with Crippen LogP contribution in [-0.4, -0.2) is 61.4 Å². The highest BCUT2D eigenvalue weighted by atomic mass is 19.1. The minimum atomic E-state index is -0.278. The molecule has 176 valence electrons. The second kappa shape index (κ2) is 9.69. The summed E-state index contributed by atoms with van der Waals surface area (Å²) < 4.78 is 25.0. The Balaban J connectivity index is 1.28. The number of carbonyl (C=O) groups excluding carboxylic acids is 1. The topological polar surface area (TPSA) is 61.5 Å². The van der Waals surface area contributed by atoms with E-state index in [9.17, 15) is 9.18 Å². The van der Waals surface area contributed by atoms with Gasteiger partial charge in [0.05, 0.1) is 31.3 Å². The van der Waals surface area contributed by atoms with Gasteiger partial charge in [0.25, 0.3) is 5.91 Å². The van der Waals surface area contributed by atoms with Gasteiger partial charge in [-0.2, -0.15) is 5.10 Å². The molecule has 1 unspecified atom stereocenters. The first-order valence-electron chi connectivity index (χ1n) is 11.4. The molecule has 1 saturated heterocycles. The average Bonchev–Trinajstić information content (AvgIpc) is 3.55. The van der Waals surface area contributed by atoms with E-state index in [4.69, 9.17) is 14.3 Å². The highest BCUT2D eigenvalue weighted by Gasteiger charge is 2.35. The fourth-order valence-corrected chi connectivity index (χ4v) is 4.52. The Morgan fingerprint density at radius 3 is 2.50 bits per heavy atom. The Labute approximate surface area is 198 Å². The number of carbonyl (C=O) groups is 1. The molecule has 0 spiro atoms. The number of methoxy groups -OCH3 is 1. The predicted octanol–water partition coefficient (Wildman–Crippen LogP) is 3.93. The zero-order valence-corrected chi connectivity index (χ0v) is 19.1. The number of para-hydroxylation sites is 1. The van der Waals surface area contributed by atoms with Crippen LogP contribution in [0.25, 0.3) is 0 Å². The van der Waals surface area contributed by atoms with Crippen molar-refractivity contribution in [3.05, 3.63) is 84.1 Å². The number of anilines is 1. The van der Waals surface area contributed by atoms with Gasteiger partial charge in [-0.1, -0.05) is 12.1 Å². The molecule has 1 fully saturated rings. The molecule has 0 bridgehead atoms. The molecule has 5 rings (SSSR count). The number of piperazine rings is 1. The number of rotatable bonds is 6. The number of hydrogen-bond acceptors (Lipinski definition) is 6. The van der Waals surface area contributed by atoms with Crippen molar-refractivity contribution in [2.75, 3.05) is 44.7 Å². The van der Waals surface area contributed by atoms with Gasteiger partial charge in [0, 0.05) is 32.6 Å². The molecule has 3 aromatic rings. The summed E-state index contributed by atoms with van der Waals surface area (Å²) in [6.07, 6.45) is 2.19. The second-order valence-electron chi connectivity index (χ2n) is 8.46. The van der Waals surface area contributed by atoms with Gasteiger partial charge in [-0.05, 0) is 54.1 Å². The Kier molecular flexibility index (Phi) is 6.31. The van der Waals surface area contributed by atoms with Crippen LogP contribution in [0.2, 0.25) is 0 Å². The Morgan fingerprint density at radius 1 is 1.06 bits per heavy atom. The largest absolute Gasteiger partial charge is 0.497 e. The zero-order chi connectivity index (χ0) is 23.5. The summed E-state index contributed by atoms with van der Waals surface area (Å²) >= 11 is 0. The maximum absolute atomic E-state index is 14.1. The van der Waals surface area contributed by atoms with Gasteiger partial charge in [-0.15, -0.1) is 0 Å². The van der Waals surface area contributed by atoms with E-state index in [1.165, 1.54) is 6.07 Å². The third-order valence-corrected chi connectivity index (χ3v) is 6.39. The monoisotopic (exact) mass is 462 g/mol. The van der Waals surface area contributed by atoms with Crippen molar-refractivity contribution in [2.24, 2.45) is 5.10 Å². The molecule has 0 saturated carbocycles. The first-order valence-corrected chi connectivity index (χ1v) is 11.4.